The third kappa shape index (κ3) is 4.19. The van der Waals surface area contributed by atoms with Crippen LogP contribution >= 0.6 is 0 Å². The number of likely N-dealkylation sites (tertiary alicyclic amines) is 1. The first-order valence-electron chi connectivity index (χ1n) is 7.37. The van der Waals surface area contributed by atoms with Gasteiger partial charge in [0.15, 0.2) is 0 Å². The van der Waals surface area contributed by atoms with Gasteiger partial charge in [-0.15, -0.1) is 0 Å². The molecule has 0 amide bonds. The van der Waals surface area contributed by atoms with Crippen molar-refractivity contribution in [2.75, 3.05) is 20.2 Å². The lowest BCUT2D eigenvalue weighted by Crippen LogP contribution is -2.28. The molecule has 1 heterocycles. The van der Waals surface area contributed by atoms with E-state index in [-0.39, 0.29) is 5.84 Å². The van der Waals surface area contributed by atoms with Crippen molar-refractivity contribution in [2.24, 2.45) is 5.73 Å². The third-order valence-corrected chi connectivity index (χ3v) is 4.12. The molecule has 1 atom stereocenters. The fourth-order valence-electron chi connectivity index (χ4n) is 2.79. The molecule has 0 aliphatic carbocycles. The van der Waals surface area contributed by atoms with E-state index in [1.54, 1.807) is 7.11 Å². The van der Waals surface area contributed by atoms with Crippen molar-refractivity contribution in [1.82, 2.24) is 4.90 Å². The van der Waals surface area contributed by atoms with Gasteiger partial charge in [0.1, 0.15) is 11.6 Å². The van der Waals surface area contributed by atoms with Crippen molar-refractivity contribution >= 4 is 5.84 Å². The van der Waals surface area contributed by atoms with Gasteiger partial charge in [0, 0.05) is 13.1 Å². The van der Waals surface area contributed by atoms with Crippen LogP contribution in [0.2, 0.25) is 0 Å². The summed E-state index contributed by atoms with van der Waals surface area (Å²) in [5.74, 6) is 0.658. The summed E-state index contributed by atoms with van der Waals surface area (Å²) in [4.78, 5) is 2.35. The van der Waals surface area contributed by atoms with Crippen LogP contribution in [-0.4, -0.2) is 41.6 Å². The van der Waals surface area contributed by atoms with E-state index in [1.807, 2.05) is 25.1 Å². The van der Waals surface area contributed by atoms with Gasteiger partial charge in [-0.1, -0.05) is 6.07 Å². The third-order valence-electron chi connectivity index (χ3n) is 4.12. The number of methoxy groups -OCH3 is 1. The first-order chi connectivity index (χ1) is 9.91. The van der Waals surface area contributed by atoms with Crippen molar-refractivity contribution in [3.63, 3.8) is 0 Å². The zero-order chi connectivity index (χ0) is 15.5. The molecule has 1 aliphatic heterocycles. The standard InChI is InChI=1S/C16H25N3O2/c1-16(20)6-3-8-19(9-7-16)11-12-4-5-13(15(17)18)14(10-12)21-2/h4-5,10,20H,3,6-9,11H2,1-2H3,(H3,17,18). The van der Waals surface area contributed by atoms with E-state index in [1.165, 1.54) is 0 Å². The second-order valence-corrected chi connectivity index (χ2v) is 6.07. The monoisotopic (exact) mass is 291 g/mol. The number of aliphatic hydroxyl groups is 1. The van der Waals surface area contributed by atoms with E-state index in [2.05, 4.69) is 4.90 Å². The average molecular weight is 291 g/mol. The van der Waals surface area contributed by atoms with Crippen LogP contribution in [0.4, 0.5) is 0 Å². The van der Waals surface area contributed by atoms with Gasteiger partial charge in [0.25, 0.3) is 0 Å². The van der Waals surface area contributed by atoms with Gasteiger partial charge in [-0.2, -0.15) is 0 Å². The first kappa shape index (κ1) is 15.8. The van der Waals surface area contributed by atoms with Gasteiger partial charge >= 0.3 is 0 Å². The molecule has 1 fully saturated rings. The quantitative estimate of drug-likeness (QED) is 0.582. The van der Waals surface area contributed by atoms with E-state index in [4.69, 9.17) is 15.9 Å². The fourth-order valence-corrected chi connectivity index (χ4v) is 2.79. The number of nitrogens with two attached hydrogens (primary N) is 1. The van der Waals surface area contributed by atoms with Crippen LogP contribution in [0.3, 0.4) is 0 Å². The van der Waals surface area contributed by atoms with Crippen LogP contribution in [0.1, 0.15) is 37.3 Å². The summed E-state index contributed by atoms with van der Waals surface area (Å²) in [6.07, 6.45) is 2.67. The SMILES string of the molecule is COc1cc(CN2CCCC(C)(O)CC2)ccc1C(=N)N. The van der Waals surface area contributed by atoms with E-state index < -0.39 is 5.60 Å². The predicted octanol–water partition coefficient (Wildman–Crippen LogP) is 1.72. The molecule has 0 spiro atoms. The average Bonchev–Trinajstić information content (AvgIpc) is 2.60. The topological polar surface area (TPSA) is 82.6 Å². The summed E-state index contributed by atoms with van der Waals surface area (Å²) >= 11 is 0. The summed E-state index contributed by atoms with van der Waals surface area (Å²) < 4.78 is 5.31. The second kappa shape index (κ2) is 6.45. The van der Waals surface area contributed by atoms with Crippen molar-refractivity contribution in [1.29, 1.82) is 5.41 Å². The van der Waals surface area contributed by atoms with E-state index in [9.17, 15) is 5.11 Å². The van der Waals surface area contributed by atoms with Gasteiger partial charge in [0.05, 0.1) is 18.3 Å². The van der Waals surface area contributed by atoms with Gasteiger partial charge in [-0.05, 0) is 50.4 Å². The van der Waals surface area contributed by atoms with Gasteiger partial charge in [-0.25, -0.2) is 0 Å². The lowest BCUT2D eigenvalue weighted by atomic mass is 9.98. The van der Waals surface area contributed by atoms with Crippen LogP contribution in [0.25, 0.3) is 0 Å². The summed E-state index contributed by atoms with van der Waals surface area (Å²) in [6.45, 7) is 4.63. The zero-order valence-electron chi connectivity index (χ0n) is 12.9. The number of ether oxygens (including phenoxy) is 1. The Morgan fingerprint density at radius 3 is 2.86 bits per heavy atom. The number of hydrogen-bond donors (Lipinski definition) is 3. The minimum Gasteiger partial charge on any atom is -0.496 e. The van der Waals surface area contributed by atoms with E-state index in [0.29, 0.717) is 11.3 Å². The van der Waals surface area contributed by atoms with E-state index in [0.717, 1.165) is 44.5 Å². The number of nitrogen functional groups attached to an aromatic ring is 1. The summed E-state index contributed by atoms with van der Waals surface area (Å²) in [5.41, 5.74) is 6.77. The molecule has 1 aromatic carbocycles. The molecule has 116 valence electrons. The van der Waals surface area contributed by atoms with Crippen LogP contribution in [-0.2, 0) is 6.54 Å². The molecule has 1 saturated heterocycles. The maximum absolute atomic E-state index is 10.1. The molecule has 1 unspecified atom stereocenters. The normalized spacial score (nSPS) is 23.6. The highest BCUT2D eigenvalue weighted by atomic mass is 16.5. The molecule has 0 aromatic heterocycles. The first-order valence-corrected chi connectivity index (χ1v) is 7.37. The van der Waals surface area contributed by atoms with Crippen LogP contribution < -0.4 is 10.5 Å². The molecule has 0 saturated carbocycles. The number of benzene rings is 1. The maximum atomic E-state index is 10.1. The summed E-state index contributed by atoms with van der Waals surface area (Å²) in [7, 11) is 1.59. The largest absolute Gasteiger partial charge is 0.496 e. The Morgan fingerprint density at radius 1 is 1.43 bits per heavy atom. The van der Waals surface area contributed by atoms with Crippen LogP contribution in [0.15, 0.2) is 18.2 Å². The Bertz CT molecular complexity index is 514. The van der Waals surface area contributed by atoms with Gasteiger partial charge in [-0.3, -0.25) is 10.3 Å². The molecular weight excluding hydrogens is 266 g/mol. The molecule has 4 N–H and O–H groups in total. The molecule has 2 rings (SSSR count). The molecule has 5 nitrogen and oxygen atoms in total. The highest BCUT2D eigenvalue weighted by Crippen LogP contribution is 2.24. The second-order valence-electron chi connectivity index (χ2n) is 6.07. The Labute approximate surface area is 126 Å². The molecular formula is C16H25N3O2. The van der Waals surface area contributed by atoms with Crippen molar-refractivity contribution < 1.29 is 9.84 Å². The molecule has 1 aliphatic rings. The number of amidine groups is 1. The van der Waals surface area contributed by atoms with Crippen molar-refractivity contribution in [2.45, 2.75) is 38.3 Å². The van der Waals surface area contributed by atoms with Crippen molar-refractivity contribution in [3.05, 3.63) is 29.3 Å². The zero-order valence-corrected chi connectivity index (χ0v) is 12.9. The molecule has 5 heteroatoms. The predicted molar refractivity (Wildman–Crippen MR) is 83.8 cm³/mol. The number of nitrogens with one attached hydrogen (secondary N) is 1. The molecule has 0 bridgehead atoms. The lowest BCUT2D eigenvalue weighted by Gasteiger charge is -2.22. The van der Waals surface area contributed by atoms with Gasteiger partial charge in [0.2, 0.25) is 0 Å². The number of hydrogen-bond acceptors (Lipinski definition) is 4. The Balaban J connectivity index is 2.07. The Kier molecular flexibility index (Phi) is 4.85. The van der Waals surface area contributed by atoms with Gasteiger partial charge < -0.3 is 15.6 Å². The fraction of sp³-hybridized carbons (Fsp3) is 0.562. The summed E-state index contributed by atoms with van der Waals surface area (Å²) in [5, 5.41) is 17.7. The van der Waals surface area contributed by atoms with Crippen LogP contribution in [0, 0.1) is 5.41 Å². The molecule has 0 radical (unpaired) electrons. The Morgan fingerprint density at radius 2 is 2.19 bits per heavy atom. The highest BCUT2D eigenvalue weighted by molar-refractivity contribution is 5.97. The molecule has 21 heavy (non-hydrogen) atoms. The lowest BCUT2D eigenvalue weighted by molar-refractivity contribution is 0.0444. The minimum atomic E-state index is -0.537. The van der Waals surface area contributed by atoms with E-state index >= 15 is 0 Å². The Hall–Kier alpha value is -1.59. The number of nitrogens with zero attached hydrogens (tertiary/aromatic N) is 1. The highest BCUT2D eigenvalue weighted by Gasteiger charge is 2.24. The molecule has 1 aromatic rings. The smallest absolute Gasteiger partial charge is 0.130 e. The summed E-state index contributed by atoms with van der Waals surface area (Å²) in [6, 6.07) is 5.77. The maximum Gasteiger partial charge on any atom is 0.130 e. The number of rotatable bonds is 4. The van der Waals surface area contributed by atoms with Crippen molar-refractivity contribution in [3.8, 4) is 5.75 Å². The minimum absolute atomic E-state index is 0.0178. The van der Waals surface area contributed by atoms with Crippen LogP contribution in [0.5, 0.6) is 5.75 Å².